The molecule has 0 bridgehead atoms. The number of amides is 3. The van der Waals surface area contributed by atoms with Crippen LogP contribution in [0.4, 0.5) is 5.00 Å². The second-order valence-corrected chi connectivity index (χ2v) is 5.35. The van der Waals surface area contributed by atoms with Crippen molar-refractivity contribution in [3.05, 3.63) is 41.2 Å². The van der Waals surface area contributed by atoms with Crippen LogP contribution in [0.15, 0.2) is 34.3 Å². The molecule has 0 spiro atoms. The van der Waals surface area contributed by atoms with Crippen LogP contribution in [0, 0.1) is 0 Å². The molecular weight excluding hydrogens is 306 g/mol. The van der Waals surface area contributed by atoms with Crippen LogP contribution in [0.25, 0.3) is 0 Å². The lowest BCUT2D eigenvalue weighted by Gasteiger charge is -2.05. The predicted octanol–water partition coefficient (Wildman–Crippen LogP) is 1.48. The van der Waals surface area contributed by atoms with E-state index in [1.165, 1.54) is 17.6 Å². The Kier molecular flexibility index (Phi) is 5.31. The molecule has 0 radical (unpaired) electrons. The van der Waals surface area contributed by atoms with Crippen molar-refractivity contribution in [1.82, 2.24) is 5.32 Å². The van der Waals surface area contributed by atoms with E-state index in [0.29, 0.717) is 10.8 Å². The molecule has 22 heavy (non-hydrogen) atoms. The van der Waals surface area contributed by atoms with Gasteiger partial charge in [0.05, 0.1) is 18.4 Å². The number of rotatable bonds is 7. The largest absolute Gasteiger partial charge is 0.467 e. The summed E-state index contributed by atoms with van der Waals surface area (Å²) in [6, 6.07) is 5.01. The minimum absolute atomic E-state index is 0.0140. The van der Waals surface area contributed by atoms with Crippen molar-refractivity contribution in [3.8, 4) is 0 Å². The summed E-state index contributed by atoms with van der Waals surface area (Å²) in [6.45, 7) is 0.282. The van der Waals surface area contributed by atoms with Crippen LogP contribution < -0.4 is 16.4 Å². The van der Waals surface area contributed by atoms with E-state index in [9.17, 15) is 14.4 Å². The maximum absolute atomic E-state index is 11.8. The van der Waals surface area contributed by atoms with Crippen molar-refractivity contribution >= 4 is 34.1 Å². The molecule has 2 rings (SSSR count). The molecule has 0 aliphatic rings. The fraction of sp³-hybridized carbons (Fsp3) is 0.214. The molecule has 0 aliphatic carbocycles. The van der Waals surface area contributed by atoms with Crippen LogP contribution in [0.3, 0.4) is 0 Å². The highest BCUT2D eigenvalue weighted by Gasteiger charge is 2.13. The number of nitrogens with two attached hydrogens (primary N) is 1. The molecule has 0 unspecified atom stereocenters. The Balaban J connectivity index is 1.74. The number of carbonyl (C=O) groups excluding carboxylic acids is 3. The van der Waals surface area contributed by atoms with Gasteiger partial charge in [0.2, 0.25) is 11.8 Å². The van der Waals surface area contributed by atoms with Crippen molar-refractivity contribution in [1.29, 1.82) is 0 Å². The average Bonchev–Trinajstić information content (AvgIpc) is 3.14. The van der Waals surface area contributed by atoms with Crippen molar-refractivity contribution < 1.29 is 18.8 Å². The Morgan fingerprint density at radius 3 is 2.64 bits per heavy atom. The molecule has 8 heteroatoms. The lowest BCUT2D eigenvalue weighted by Crippen LogP contribution is -2.24. The highest BCUT2D eigenvalue weighted by atomic mass is 32.1. The number of nitrogens with one attached hydrogen (secondary N) is 2. The number of carbonyl (C=O) groups is 3. The van der Waals surface area contributed by atoms with Crippen LogP contribution in [0.1, 0.15) is 29.0 Å². The number of anilines is 1. The van der Waals surface area contributed by atoms with Gasteiger partial charge in [-0.25, -0.2) is 0 Å². The van der Waals surface area contributed by atoms with E-state index in [1.807, 2.05) is 0 Å². The molecular formula is C14H15N3O4S. The van der Waals surface area contributed by atoms with Crippen LogP contribution in [0.2, 0.25) is 0 Å². The van der Waals surface area contributed by atoms with Gasteiger partial charge in [0.15, 0.2) is 0 Å². The van der Waals surface area contributed by atoms with Gasteiger partial charge in [-0.1, -0.05) is 0 Å². The molecule has 2 heterocycles. The lowest BCUT2D eigenvalue weighted by molar-refractivity contribution is -0.124. The van der Waals surface area contributed by atoms with Gasteiger partial charge in [-0.3, -0.25) is 14.4 Å². The third kappa shape index (κ3) is 4.45. The minimum Gasteiger partial charge on any atom is -0.467 e. The summed E-state index contributed by atoms with van der Waals surface area (Å²) in [6.07, 6.45) is 1.58. The van der Waals surface area contributed by atoms with Gasteiger partial charge in [-0.05, 0) is 23.6 Å². The first-order valence-electron chi connectivity index (χ1n) is 6.52. The van der Waals surface area contributed by atoms with E-state index in [2.05, 4.69) is 10.6 Å². The predicted molar refractivity (Wildman–Crippen MR) is 81.3 cm³/mol. The monoisotopic (exact) mass is 321 g/mol. The van der Waals surface area contributed by atoms with Gasteiger partial charge in [0.25, 0.3) is 5.91 Å². The quantitative estimate of drug-likeness (QED) is 0.716. The maximum atomic E-state index is 11.8. The smallest absolute Gasteiger partial charge is 0.251 e. The third-order valence-corrected chi connectivity index (χ3v) is 3.63. The van der Waals surface area contributed by atoms with Gasteiger partial charge in [0.1, 0.15) is 10.8 Å². The molecule has 0 aromatic carbocycles. The van der Waals surface area contributed by atoms with Gasteiger partial charge in [-0.2, -0.15) is 0 Å². The fourth-order valence-electron chi connectivity index (χ4n) is 1.70. The molecule has 3 amide bonds. The van der Waals surface area contributed by atoms with Gasteiger partial charge in [-0.15, -0.1) is 11.3 Å². The summed E-state index contributed by atoms with van der Waals surface area (Å²) in [7, 11) is 0. The van der Waals surface area contributed by atoms with Crippen LogP contribution in [-0.2, 0) is 16.1 Å². The van der Waals surface area contributed by atoms with Crippen LogP contribution in [0.5, 0.6) is 0 Å². The highest BCUT2D eigenvalue weighted by molar-refractivity contribution is 7.14. The second-order valence-electron chi connectivity index (χ2n) is 4.43. The van der Waals surface area contributed by atoms with Crippen LogP contribution >= 0.6 is 11.3 Å². The first kappa shape index (κ1) is 15.8. The van der Waals surface area contributed by atoms with E-state index >= 15 is 0 Å². The first-order chi connectivity index (χ1) is 10.6. The topological polar surface area (TPSA) is 114 Å². The lowest BCUT2D eigenvalue weighted by atomic mass is 10.2. The number of thiophene rings is 1. The number of furan rings is 1. The molecule has 2 aromatic rings. The summed E-state index contributed by atoms with van der Waals surface area (Å²) >= 11 is 1.20. The standard InChI is InChI=1S/C14H15N3O4S/c15-13(20)10-5-7-22-14(10)17-12(19)4-3-11(18)16-8-9-2-1-6-21-9/h1-2,5-7H,3-4,8H2,(H2,15,20)(H,16,18)(H,17,19). The van der Waals surface area contributed by atoms with Crippen molar-refractivity contribution in [2.24, 2.45) is 5.73 Å². The zero-order valence-corrected chi connectivity index (χ0v) is 12.4. The fourth-order valence-corrected chi connectivity index (χ4v) is 2.51. The molecule has 0 saturated carbocycles. The van der Waals surface area contributed by atoms with E-state index in [0.717, 1.165) is 0 Å². The number of primary amides is 1. The Labute approximate surface area is 130 Å². The first-order valence-corrected chi connectivity index (χ1v) is 7.40. The van der Waals surface area contributed by atoms with E-state index in [4.69, 9.17) is 10.2 Å². The molecule has 116 valence electrons. The summed E-state index contributed by atoms with van der Waals surface area (Å²) in [5, 5.41) is 7.28. The number of hydrogen-bond acceptors (Lipinski definition) is 5. The zero-order valence-electron chi connectivity index (χ0n) is 11.6. The molecule has 4 N–H and O–H groups in total. The zero-order chi connectivity index (χ0) is 15.9. The Bertz CT molecular complexity index is 663. The van der Waals surface area contributed by atoms with Gasteiger partial charge >= 0.3 is 0 Å². The normalized spacial score (nSPS) is 10.2. The summed E-state index contributed by atoms with van der Waals surface area (Å²) in [5.41, 5.74) is 5.45. The average molecular weight is 321 g/mol. The molecule has 0 aliphatic heterocycles. The number of hydrogen-bond donors (Lipinski definition) is 3. The maximum Gasteiger partial charge on any atom is 0.251 e. The summed E-state index contributed by atoms with van der Waals surface area (Å²) < 4.78 is 5.08. The molecule has 0 saturated heterocycles. The summed E-state index contributed by atoms with van der Waals surface area (Å²) in [5.74, 6) is -0.568. The Hall–Kier alpha value is -2.61. The van der Waals surface area contributed by atoms with Gasteiger partial charge < -0.3 is 20.8 Å². The van der Waals surface area contributed by atoms with E-state index in [1.54, 1.807) is 23.6 Å². The van der Waals surface area contributed by atoms with Crippen molar-refractivity contribution in [3.63, 3.8) is 0 Å². The highest BCUT2D eigenvalue weighted by Crippen LogP contribution is 2.22. The SMILES string of the molecule is NC(=O)c1ccsc1NC(=O)CCC(=O)NCc1ccco1. The Morgan fingerprint density at radius 1 is 1.18 bits per heavy atom. The van der Waals surface area contributed by atoms with Crippen molar-refractivity contribution in [2.75, 3.05) is 5.32 Å². The van der Waals surface area contributed by atoms with Crippen molar-refractivity contribution in [2.45, 2.75) is 19.4 Å². The minimum atomic E-state index is -0.604. The Morgan fingerprint density at radius 2 is 1.95 bits per heavy atom. The van der Waals surface area contributed by atoms with Gasteiger partial charge in [0, 0.05) is 12.8 Å². The van der Waals surface area contributed by atoms with Crippen LogP contribution in [-0.4, -0.2) is 17.7 Å². The second kappa shape index (κ2) is 7.41. The van der Waals surface area contributed by atoms with E-state index < -0.39 is 5.91 Å². The summed E-state index contributed by atoms with van der Waals surface area (Å²) in [4.78, 5) is 34.5. The molecule has 2 aromatic heterocycles. The molecule has 0 fully saturated rings. The molecule has 0 atom stereocenters. The van der Waals surface area contributed by atoms with E-state index in [-0.39, 0.29) is 36.8 Å². The third-order valence-electron chi connectivity index (χ3n) is 2.80. The molecule has 7 nitrogen and oxygen atoms in total.